The standard InChI is InChI=1S/C23H21N3O6/c1-30-19-11-17-18(12-20(19)31-2)25(14-21(27)24-15-7-4-3-5-8-15)23(29)26(22(17)28)13-16-9-6-10-32-16/h3-12H,13-14H2,1-2H3,(H,24,27). The second kappa shape index (κ2) is 8.84. The Morgan fingerprint density at radius 3 is 2.34 bits per heavy atom. The SMILES string of the molecule is COc1cc2c(=O)n(Cc3ccco3)c(=O)n(CC(=O)Nc3ccccc3)c2cc1OC. The molecule has 0 radical (unpaired) electrons. The van der Waals surface area contributed by atoms with Crippen LogP contribution >= 0.6 is 0 Å². The van der Waals surface area contributed by atoms with Gasteiger partial charge < -0.3 is 19.2 Å². The predicted molar refractivity (Wildman–Crippen MR) is 118 cm³/mol. The summed E-state index contributed by atoms with van der Waals surface area (Å²) < 4.78 is 18.2. The van der Waals surface area contributed by atoms with E-state index in [1.54, 1.807) is 36.4 Å². The van der Waals surface area contributed by atoms with Crippen LogP contribution in [0.2, 0.25) is 0 Å². The lowest BCUT2D eigenvalue weighted by molar-refractivity contribution is -0.116. The molecular formula is C23H21N3O6. The van der Waals surface area contributed by atoms with Gasteiger partial charge in [0.15, 0.2) is 11.5 Å². The Bertz CT molecular complexity index is 1370. The lowest BCUT2D eigenvalue weighted by Gasteiger charge is -2.16. The quantitative estimate of drug-likeness (QED) is 0.478. The van der Waals surface area contributed by atoms with Crippen molar-refractivity contribution in [1.29, 1.82) is 0 Å². The Morgan fingerprint density at radius 2 is 1.69 bits per heavy atom. The minimum Gasteiger partial charge on any atom is -0.493 e. The summed E-state index contributed by atoms with van der Waals surface area (Å²) in [7, 11) is 2.90. The molecule has 164 valence electrons. The summed E-state index contributed by atoms with van der Waals surface area (Å²) in [4.78, 5) is 39.2. The van der Waals surface area contributed by atoms with Gasteiger partial charge in [0, 0.05) is 11.8 Å². The average molecular weight is 435 g/mol. The lowest BCUT2D eigenvalue weighted by Crippen LogP contribution is -2.42. The summed E-state index contributed by atoms with van der Waals surface area (Å²) >= 11 is 0. The molecule has 0 atom stereocenters. The van der Waals surface area contributed by atoms with E-state index in [1.807, 2.05) is 6.07 Å². The third kappa shape index (κ3) is 4.00. The van der Waals surface area contributed by atoms with E-state index in [4.69, 9.17) is 13.9 Å². The van der Waals surface area contributed by atoms with Crippen LogP contribution in [0, 0.1) is 0 Å². The van der Waals surface area contributed by atoms with Crippen molar-refractivity contribution in [3.8, 4) is 11.5 Å². The lowest BCUT2D eigenvalue weighted by atomic mass is 10.2. The largest absolute Gasteiger partial charge is 0.493 e. The van der Waals surface area contributed by atoms with E-state index < -0.39 is 17.2 Å². The fourth-order valence-corrected chi connectivity index (χ4v) is 3.46. The van der Waals surface area contributed by atoms with Crippen LogP contribution in [0.15, 0.2) is 74.9 Å². The third-order valence-electron chi connectivity index (χ3n) is 4.98. The Balaban J connectivity index is 1.87. The van der Waals surface area contributed by atoms with Gasteiger partial charge in [-0.1, -0.05) is 18.2 Å². The zero-order chi connectivity index (χ0) is 22.7. The van der Waals surface area contributed by atoms with Gasteiger partial charge in [0.05, 0.1) is 37.9 Å². The number of nitrogens with zero attached hydrogens (tertiary/aromatic N) is 2. The first-order valence-corrected chi connectivity index (χ1v) is 9.78. The summed E-state index contributed by atoms with van der Waals surface area (Å²) in [5.41, 5.74) is -0.314. The normalized spacial score (nSPS) is 10.8. The maximum atomic E-state index is 13.3. The van der Waals surface area contributed by atoms with Crippen molar-refractivity contribution in [2.75, 3.05) is 19.5 Å². The minimum absolute atomic E-state index is 0.0742. The van der Waals surface area contributed by atoms with Gasteiger partial charge in [-0.2, -0.15) is 0 Å². The summed E-state index contributed by atoms with van der Waals surface area (Å²) in [5.74, 6) is 0.683. The highest BCUT2D eigenvalue weighted by Gasteiger charge is 2.19. The first-order valence-electron chi connectivity index (χ1n) is 9.78. The number of anilines is 1. The minimum atomic E-state index is -0.644. The van der Waals surface area contributed by atoms with E-state index in [0.29, 0.717) is 22.9 Å². The van der Waals surface area contributed by atoms with E-state index in [0.717, 1.165) is 4.57 Å². The number of para-hydroxylation sites is 1. The van der Waals surface area contributed by atoms with E-state index >= 15 is 0 Å². The molecule has 0 saturated carbocycles. The van der Waals surface area contributed by atoms with Crippen molar-refractivity contribution in [3.63, 3.8) is 0 Å². The number of methoxy groups -OCH3 is 2. The second-order valence-electron chi connectivity index (χ2n) is 6.98. The monoisotopic (exact) mass is 435 g/mol. The van der Waals surface area contributed by atoms with Gasteiger partial charge in [-0.25, -0.2) is 4.79 Å². The average Bonchev–Trinajstić information content (AvgIpc) is 3.32. The number of amides is 1. The van der Waals surface area contributed by atoms with Crippen molar-refractivity contribution < 1.29 is 18.7 Å². The number of nitrogens with one attached hydrogen (secondary N) is 1. The molecular weight excluding hydrogens is 414 g/mol. The number of carbonyl (C=O) groups is 1. The van der Waals surface area contributed by atoms with Crippen LogP contribution in [-0.2, 0) is 17.9 Å². The number of hydrogen-bond acceptors (Lipinski definition) is 6. The highest BCUT2D eigenvalue weighted by Crippen LogP contribution is 2.30. The smallest absolute Gasteiger partial charge is 0.332 e. The van der Waals surface area contributed by atoms with Crippen LogP contribution in [-0.4, -0.2) is 29.3 Å². The molecule has 1 N–H and O–H groups in total. The Kier molecular flexibility index (Phi) is 5.80. The fourth-order valence-electron chi connectivity index (χ4n) is 3.46. The first-order chi connectivity index (χ1) is 15.5. The van der Waals surface area contributed by atoms with Crippen molar-refractivity contribution in [3.05, 3.63) is 87.5 Å². The zero-order valence-corrected chi connectivity index (χ0v) is 17.5. The first kappa shape index (κ1) is 21.0. The van der Waals surface area contributed by atoms with E-state index in [2.05, 4.69) is 5.32 Å². The van der Waals surface area contributed by atoms with Crippen molar-refractivity contribution >= 4 is 22.5 Å². The van der Waals surface area contributed by atoms with Crippen LogP contribution in [0.4, 0.5) is 5.69 Å². The molecule has 4 rings (SSSR count). The highest BCUT2D eigenvalue weighted by molar-refractivity contribution is 5.92. The molecule has 0 aliphatic carbocycles. The maximum absolute atomic E-state index is 13.3. The summed E-state index contributed by atoms with van der Waals surface area (Å²) in [6.07, 6.45) is 1.46. The molecule has 0 fully saturated rings. The molecule has 9 nitrogen and oxygen atoms in total. The Morgan fingerprint density at radius 1 is 0.969 bits per heavy atom. The number of benzene rings is 2. The molecule has 2 heterocycles. The van der Waals surface area contributed by atoms with Crippen molar-refractivity contribution in [1.82, 2.24) is 9.13 Å². The van der Waals surface area contributed by atoms with Gasteiger partial charge in [0.25, 0.3) is 5.56 Å². The number of furan rings is 1. The number of rotatable bonds is 7. The zero-order valence-electron chi connectivity index (χ0n) is 17.5. The molecule has 0 spiro atoms. The molecule has 4 aromatic rings. The summed E-state index contributed by atoms with van der Waals surface area (Å²) in [6, 6.07) is 15.2. The Hall–Kier alpha value is -4.27. The number of fused-ring (bicyclic) bond motifs is 1. The van der Waals surface area contributed by atoms with Gasteiger partial charge in [-0.15, -0.1) is 0 Å². The van der Waals surface area contributed by atoms with Gasteiger partial charge in [0.2, 0.25) is 5.91 Å². The molecule has 0 bridgehead atoms. The van der Waals surface area contributed by atoms with Crippen molar-refractivity contribution in [2.24, 2.45) is 0 Å². The topological polar surface area (TPSA) is 105 Å². The second-order valence-corrected chi connectivity index (χ2v) is 6.98. The molecule has 0 aliphatic heterocycles. The molecule has 2 aromatic heterocycles. The molecule has 0 saturated heterocycles. The molecule has 1 amide bonds. The van der Waals surface area contributed by atoms with Crippen LogP contribution in [0.1, 0.15) is 5.76 Å². The van der Waals surface area contributed by atoms with E-state index in [9.17, 15) is 14.4 Å². The molecule has 0 unspecified atom stereocenters. The van der Waals surface area contributed by atoms with Crippen LogP contribution in [0.3, 0.4) is 0 Å². The van der Waals surface area contributed by atoms with Crippen molar-refractivity contribution in [2.45, 2.75) is 13.1 Å². The van der Waals surface area contributed by atoms with Gasteiger partial charge in [0.1, 0.15) is 12.3 Å². The third-order valence-corrected chi connectivity index (χ3v) is 4.98. The van der Waals surface area contributed by atoms with Gasteiger partial charge in [-0.3, -0.25) is 18.7 Å². The molecule has 32 heavy (non-hydrogen) atoms. The maximum Gasteiger partial charge on any atom is 0.332 e. The molecule has 9 heteroatoms. The predicted octanol–water partition coefficient (Wildman–Crippen LogP) is 2.46. The van der Waals surface area contributed by atoms with Crippen LogP contribution in [0.25, 0.3) is 10.9 Å². The van der Waals surface area contributed by atoms with Crippen LogP contribution < -0.4 is 26.0 Å². The number of hydrogen-bond donors (Lipinski definition) is 1. The van der Waals surface area contributed by atoms with Gasteiger partial charge in [-0.05, 0) is 30.3 Å². The molecule has 0 aliphatic rings. The van der Waals surface area contributed by atoms with Gasteiger partial charge >= 0.3 is 5.69 Å². The highest BCUT2D eigenvalue weighted by atomic mass is 16.5. The number of carbonyl (C=O) groups excluding carboxylic acids is 1. The Labute approximate surface area is 182 Å². The summed E-state index contributed by atoms with van der Waals surface area (Å²) in [5, 5.41) is 2.96. The summed E-state index contributed by atoms with van der Waals surface area (Å²) in [6.45, 7) is -0.382. The molecule has 2 aromatic carbocycles. The van der Waals surface area contributed by atoms with Crippen LogP contribution in [0.5, 0.6) is 11.5 Å². The van der Waals surface area contributed by atoms with E-state index in [-0.39, 0.29) is 24.0 Å². The fraction of sp³-hybridized carbons (Fsp3) is 0.174. The number of ether oxygens (including phenoxy) is 2. The number of aromatic nitrogens is 2. The van der Waals surface area contributed by atoms with E-state index in [1.165, 1.54) is 37.2 Å².